The number of thiophene rings is 1. The summed E-state index contributed by atoms with van der Waals surface area (Å²) in [5, 5.41) is 11.9. The van der Waals surface area contributed by atoms with E-state index in [1.807, 2.05) is 31.4 Å². The van der Waals surface area contributed by atoms with E-state index in [9.17, 15) is 5.11 Å². The molecule has 0 spiro atoms. The van der Waals surface area contributed by atoms with E-state index < -0.39 is 11.9 Å². The normalized spacial score (nSPS) is 27.8. The summed E-state index contributed by atoms with van der Waals surface area (Å²) >= 11 is 1.53. The maximum atomic E-state index is 9.95. The molecule has 78 valence electrons. The Morgan fingerprint density at radius 2 is 2.43 bits per heavy atom. The molecular weight excluding hydrogens is 200 g/mol. The van der Waals surface area contributed by atoms with Gasteiger partial charge in [0, 0.05) is 4.88 Å². The predicted molar refractivity (Wildman–Crippen MR) is 54.2 cm³/mol. The zero-order valence-corrected chi connectivity index (χ0v) is 9.08. The van der Waals surface area contributed by atoms with Gasteiger partial charge < -0.3 is 14.6 Å². The monoisotopic (exact) mass is 214 g/mol. The molecule has 0 bridgehead atoms. The molecule has 1 saturated heterocycles. The van der Waals surface area contributed by atoms with E-state index >= 15 is 0 Å². The Balaban J connectivity index is 2.04. The lowest BCUT2D eigenvalue weighted by Gasteiger charge is -2.19. The van der Waals surface area contributed by atoms with Gasteiger partial charge in [-0.2, -0.15) is 0 Å². The van der Waals surface area contributed by atoms with Crippen molar-refractivity contribution in [3.63, 3.8) is 0 Å². The summed E-state index contributed by atoms with van der Waals surface area (Å²) in [6.45, 7) is 4.16. The highest BCUT2D eigenvalue weighted by Gasteiger charge is 2.37. The third-order valence-electron chi connectivity index (χ3n) is 2.22. The number of hydrogen-bond acceptors (Lipinski definition) is 4. The molecule has 1 fully saturated rings. The van der Waals surface area contributed by atoms with E-state index in [1.165, 1.54) is 11.3 Å². The highest BCUT2D eigenvalue weighted by atomic mass is 32.1. The highest BCUT2D eigenvalue weighted by molar-refractivity contribution is 7.10. The van der Waals surface area contributed by atoms with Crippen LogP contribution in [0.4, 0.5) is 0 Å². The van der Waals surface area contributed by atoms with Gasteiger partial charge in [0.25, 0.3) is 0 Å². The molecule has 1 aromatic rings. The van der Waals surface area contributed by atoms with Crippen LogP contribution in [-0.2, 0) is 9.47 Å². The van der Waals surface area contributed by atoms with E-state index in [4.69, 9.17) is 9.47 Å². The Morgan fingerprint density at radius 1 is 1.64 bits per heavy atom. The number of aliphatic hydroxyl groups is 1. The SMILES string of the molecule is CC1(C)OC[C@H]([C@H](O)c2cccs2)O1. The summed E-state index contributed by atoms with van der Waals surface area (Å²) < 4.78 is 11.0. The zero-order chi connectivity index (χ0) is 10.2. The van der Waals surface area contributed by atoms with Crippen molar-refractivity contribution in [2.75, 3.05) is 6.61 Å². The summed E-state index contributed by atoms with van der Waals surface area (Å²) in [6, 6.07) is 3.83. The minimum atomic E-state index is -0.572. The molecular formula is C10H14O3S. The van der Waals surface area contributed by atoms with Crippen LogP contribution in [0, 0.1) is 0 Å². The first kappa shape index (κ1) is 10.1. The number of rotatable bonds is 2. The van der Waals surface area contributed by atoms with Gasteiger partial charge in [-0.05, 0) is 25.3 Å². The van der Waals surface area contributed by atoms with Gasteiger partial charge >= 0.3 is 0 Å². The lowest BCUT2D eigenvalue weighted by atomic mass is 10.2. The number of aliphatic hydroxyl groups excluding tert-OH is 1. The van der Waals surface area contributed by atoms with Gasteiger partial charge in [0.1, 0.15) is 12.2 Å². The van der Waals surface area contributed by atoms with Crippen LogP contribution in [0.2, 0.25) is 0 Å². The van der Waals surface area contributed by atoms with E-state index in [2.05, 4.69) is 0 Å². The van der Waals surface area contributed by atoms with Crippen molar-refractivity contribution in [3.8, 4) is 0 Å². The Labute approximate surface area is 87.3 Å². The van der Waals surface area contributed by atoms with Crippen LogP contribution in [0.25, 0.3) is 0 Å². The molecule has 1 aliphatic heterocycles. The van der Waals surface area contributed by atoms with Crippen molar-refractivity contribution in [2.24, 2.45) is 0 Å². The van der Waals surface area contributed by atoms with Gasteiger partial charge in [-0.3, -0.25) is 0 Å². The third-order valence-corrected chi connectivity index (χ3v) is 3.16. The predicted octanol–water partition coefficient (Wildman–Crippen LogP) is 1.93. The van der Waals surface area contributed by atoms with E-state index in [-0.39, 0.29) is 6.10 Å². The molecule has 0 unspecified atom stereocenters. The summed E-state index contributed by atoms with van der Waals surface area (Å²) in [6.07, 6.45) is -0.819. The van der Waals surface area contributed by atoms with Gasteiger partial charge in [0.2, 0.25) is 0 Å². The molecule has 0 radical (unpaired) electrons. The minimum Gasteiger partial charge on any atom is -0.385 e. The number of hydrogen-bond donors (Lipinski definition) is 1. The summed E-state index contributed by atoms with van der Waals surface area (Å²) in [5.74, 6) is -0.567. The summed E-state index contributed by atoms with van der Waals surface area (Å²) in [4.78, 5) is 0.927. The van der Waals surface area contributed by atoms with Crippen molar-refractivity contribution >= 4 is 11.3 Å². The van der Waals surface area contributed by atoms with Crippen molar-refractivity contribution in [2.45, 2.75) is 31.8 Å². The molecule has 14 heavy (non-hydrogen) atoms. The first-order chi connectivity index (χ1) is 6.58. The van der Waals surface area contributed by atoms with E-state index in [1.54, 1.807) is 0 Å². The van der Waals surface area contributed by atoms with Crippen LogP contribution in [0.5, 0.6) is 0 Å². The molecule has 0 amide bonds. The molecule has 4 heteroatoms. The Morgan fingerprint density at radius 3 is 2.93 bits per heavy atom. The maximum absolute atomic E-state index is 9.95. The third kappa shape index (κ3) is 1.98. The lowest BCUT2D eigenvalue weighted by Crippen LogP contribution is -2.25. The number of ether oxygens (including phenoxy) is 2. The average Bonchev–Trinajstić information content (AvgIpc) is 2.72. The standard InChI is InChI=1S/C10H14O3S/c1-10(2)12-6-7(13-10)9(11)8-4-3-5-14-8/h3-5,7,9,11H,6H2,1-2H3/t7-,9+/m1/s1. The maximum Gasteiger partial charge on any atom is 0.163 e. The largest absolute Gasteiger partial charge is 0.385 e. The van der Waals surface area contributed by atoms with Crippen molar-refractivity contribution in [1.29, 1.82) is 0 Å². The first-order valence-corrected chi connectivity index (χ1v) is 5.50. The van der Waals surface area contributed by atoms with Crippen LogP contribution >= 0.6 is 11.3 Å². The lowest BCUT2D eigenvalue weighted by molar-refractivity contribution is -0.151. The topological polar surface area (TPSA) is 38.7 Å². The van der Waals surface area contributed by atoms with Gasteiger partial charge in [-0.1, -0.05) is 6.07 Å². The van der Waals surface area contributed by atoms with Gasteiger partial charge in [-0.15, -0.1) is 11.3 Å². The van der Waals surface area contributed by atoms with Crippen LogP contribution in [0.15, 0.2) is 17.5 Å². The molecule has 1 N–H and O–H groups in total. The quantitative estimate of drug-likeness (QED) is 0.817. The summed E-state index contributed by atoms with van der Waals surface area (Å²) in [7, 11) is 0. The fraction of sp³-hybridized carbons (Fsp3) is 0.600. The zero-order valence-electron chi connectivity index (χ0n) is 8.27. The van der Waals surface area contributed by atoms with Crippen molar-refractivity contribution in [1.82, 2.24) is 0 Å². The van der Waals surface area contributed by atoms with E-state index in [0.29, 0.717) is 6.61 Å². The minimum absolute atomic E-state index is 0.247. The van der Waals surface area contributed by atoms with Gasteiger partial charge in [0.15, 0.2) is 5.79 Å². The molecule has 2 atom stereocenters. The molecule has 2 heterocycles. The van der Waals surface area contributed by atoms with Gasteiger partial charge in [-0.25, -0.2) is 0 Å². The fourth-order valence-electron chi connectivity index (χ4n) is 1.51. The van der Waals surface area contributed by atoms with Crippen molar-refractivity contribution < 1.29 is 14.6 Å². The molecule has 0 saturated carbocycles. The second-order valence-electron chi connectivity index (χ2n) is 3.83. The van der Waals surface area contributed by atoms with Crippen LogP contribution in [0.3, 0.4) is 0 Å². The van der Waals surface area contributed by atoms with Gasteiger partial charge in [0.05, 0.1) is 6.61 Å². The van der Waals surface area contributed by atoms with Crippen LogP contribution in [0.1, 0.15) is 24.8 Å². The fourth-order valence-corrected chi connectivity index (χ4v) is 2.28. The summed E-state index contributed by atoms with van der Waals surface area (Å²) in [5.41, 5.74) is 0. The molecule has 2 rings (SSSR count). The molecule has 0 aliphatic carbocycles. The molecule has 0 aromatic carbocycles. The first-order valence-electron chi connectivity index (χ1n) is 4.62. The highest BCUT2D eigenvalue weighted by Crippen LogP contribution is 2.32. The second kappa shape index (κ2) is 3.62. The average molecular weight is 214 g/mol. The molecule has 1 aromatic heterocycles. The van der Waals surface area contributed by atoms with Crippen molar-refractivity contribution in [3.05, 3.63) is 22.4 Å². The van der Waals surface area contributed by atoms with E-state index in [0.717, 1.165) is 4.88 Å². The Hall–Kier alpha value is -0.420. The smallest absolute Gasteiger partial charge is 0.163 e. The van der Waals surface area contributed by atoms with Crippen LogP contribution in [-0.4, -0.2) is 23.6 Å². The second-order valence-corrected chi connectivity index (χ2v) is 4.81. The Bertz CT molecular complexity index is 294. The van der Waals surface area contributed by atoms with Crippen LogP contribution < -0.4 is 0 Å². The molecule has 1 aliphatic rings. The molecule has 3 nitrogen and oxygen atoms in total. The Kier molecular flexibility index (Phi) is 2.62.